The fraction of sp³-hybridized carbons (Fsp3) is 0.107. The molecule has 1 nitrogen and oxygen atoms in total. The maximum Gasteiger partial charge on any atom is 0.0746 e. The molecule has 3 aromatic carbocycles. The van der Waals surface area contributed by atoms with Crippen molar-refractivity contribution in [1.82, 2.24) is 4.98 Å². The van der Waals surface area contributed by atoms with Crippen molar-refractivity contribution in [3.05, 3.63) is 120 Å². The molecule has 0 spiro atoms. The smallest absolute Gasteiger partial charge is 0.0746 e. The average Bonchev–Trinajstić information content (AvgIpc) is 2.79. The van der Waals surface area contributed by atoms with Crippen LogP contribution in [0.5, 0.6) is 0 Å². The first-order chi connectivity index (χ1) is 14.2. The fourth-order valence-corrected chi connectivity index (χ4v) is 3.89. The highest BCUT2D eigenvalue weighted by Gasteiger charge is 2.14. The van der Waals surface area contributed by atoms with Gasteiger partial charge in [-0.3, -0.25) is 4.98 Å². The molecule has 0 amide bonds. The van der Waals surface area contributed by atoms with Crippen molar-refractivity contribution in [2.75, 3.05) is 0 Å². The van der Waals surface area contributed by atoms with Gasteiger partial charge in [-0.15, -0.1) is 0 Å². The first kappa shape index (κ1) is 18.9. The van der Waals surface area contributed by atoms with E-state index in [1.807, 2.05) is 12.1 Å². The highest BCUT2D eigenvalue weighted by atomic mass is 14.7. The summed E-state index contributed by atoms with van der Waals surface area (Å²) in [5.41, 5.74) is 9.42. The largest absolute Gasteiger partial charge is 0.253 e. The van der Waals surface area contributed by atoms with Crippen LogP contribution in [0.15, 0.2) is 97.6 Å². The van der Waals surface area contributed by atoms with Gasteiger partial charge in [-0.25, -0.2) is 0 Å². The van der Waals surface area contributed by atoms with Gasteiger partial charge in [0.05, 0.1) is 5.52 Å². The monoisotopic (exact) mass is 375 g/mol. The summed E-state index contributed by atoms with van der Waals surface area (Å²) >= 11 is 0. The van der Waals surface area contributed by atoms with E-state index in [-0.39, 0.29) is 0 Å². The van der Waals surface area contributed by atoms with E-state index in [9.17, 15) is 0 Å². The second kappa shape index (κ2) is 8.28. The van der Waals surface area contributed by atoms with E-state index in [0.717, 1.165) is 17.6 Å². The zero-order valence-corrected chi connectivity index (χ0v) is 17.0. The van der Waals surface area contributed by atoms with Gasteiger partial charge < -0.3 is 0 Å². The first-order valence-corrected chi connectivity index (χ1v) is 10.1. The molecule has 0 aliphatic rings. The van der Waals surface area contributed by atoms with E-state index >= 15 is 0 Å². The van der Waals surface area contributed by atoms with E-state index in [1.165, 1.54) is 38.8 Å². The Hall–Kier alpha value is -3.45. The van der Waals surface area contributed by atoms with Gasteiger partial charge in [-0.05, 0) is 52.8 Å². The van der Waals surface area contributed by atoms with Gasteiger partial charge in [0.2, 0.25) is 0 Å². The molecule has 142 valence electrons. The van der Waals surface area contributed by atoms with Crippen LogP contribution >= 0.6 is 0 Å². The number of hydrogen-bond donors (Lipinski definition) is 0. The van der Waals surface area contributed by atoms with E-state index in [4.69, 9.17) is 4.98 Å². The Labute approximate surface area is 173 Å². The van der Waals surface area contributed by atoms with Crippen LogP contribution in [0.1, 0.15) is 29.3 Å². The van der Waals surface area contributed by atoms with Crippen molar-refractivity contribution in [2.24, 2.45) is 0 Å². The van der Waals surface area contributed by atoms with Crippen LogP contribution in [0, 0.1) is 6.92 Å². The average molecular weight is 376 g/mol. The van der Waals surface area contributed by atoms with Crippen LogP contribution in [-0.2, 0) is 6.42 Å². The Bertz CT molecular complexity index is 1190. The molecule has 0 radical (unpaired) electrons. The lowest BCUT2D eigenvalue weighted by Gasteiger charge is -2.16. The molecule has 0 atom stereocenters. The number of benzene rings is 3. The van der Waals surface area contributed by atoms with Gasteiger partial charge >= 0.3 is 0 Å². The predicted octanol–water partition coefficient (Wildman–Crippen LogP) is 7.39. The Kier molecular flexibility index (Phi) is 5.39. The molecule has 1 heterocycles. The quantitative estimate of drug-likeness (QED) is 0.331. The highest BCUT2D eigenvalue weighted by Crippen LogP contribution is 2.35. The summed E-state index contributed by atoms with van der Waals surface area (Å²) in [6.07, 6.45) is 4.86. The zero-order chi connectivity index (χ0) is 20.2. The molecule has 0 aliphatic heterocycles. The lowest BCUT2D eigenvalue weighted by atomic mass is 9.90. The molecule has 1 heteroatoms. The standard InChI is InChI=1S/C28H25N/c1-4-12-25(21-13-8-6-9-14-21)24-17-18-26-27(22-15-10-7-11-16-22)19-23(5-2)29-28(26)20(24)3/h4,6-19H,1,5H2,2-3H3/b25-12-. The Morgan fingerprint density at radius 1 is 0.931 bits per heavy atom. The van der Waals surface area contributed by atoms with Crippen LogP contribution in [-0.4, -0.2) is 4.98 Å². The van der Waals surface area contributed by atoms with Crippen molar-refractivity contribution < 1.29 is 0 Å². The lowest BCUT2D eigenvalue weighted by molar-refractivity contribution is 1.05. The van der Waals surface area contributed by atoms with Crippen molar-refractivity contribution in [3.8, 4) is 11.1 Å². The van der Waals surface area contributed by atoms with Crippen LogP contribution in [0.4, 0.5) is 0 Å². The summed E-state index contributed by atoms with van der Waals surface area (Å²) in [6.45, 7) is 8.27. The number of hydrogen-bond acceptors (Lipinski definition) is 1. The van der Waals surface area contributed by atoms with Crippen molar-refractivity contribution in [2.45, 2.75) is 20.3 Å². The molecule has 0 aliphatic carbocycles. The molecule has 0 unspecified atom stereocenters. The Morgan fingerprint density at radius 3 is 2.28 bits per heavy atom. The van der Waals surface area contributed by atoms with Crippen molar-refractivity contribution in [3.63, 3.8) is 0 Å². The number of rotatable bonds is 5. The van der Waals surface area contributed by atoms with Gasteiger partial charge in [0.1, 0.15) is 0 Å². The number of aryl methyl sites for hydroxylation is 2. The number of fused-ring (bicyclic) bond motifs is 1. The van der Waals surface area contributed by atoms with Gasteiger partial charge in [0.15, 0.2) is 0 Å². The summed E-state index contributed by atoms with van der Waals surface area (Å²) in [5, 5.41) is 1.20. The zero-order valence-electron chi connectivity index (χ0n) is 17.0. The van der Waals surface area contributed by atoms with E-state index in [0.29, 0.717) is 0 Å². The Balaban J connectivity index is 1.99. The second-order valence-corrected chi connectivity index (χ2v) is 7.20. The SMILES string of the molecule is C=C/C=C(/c1ccccc1)c1ccc2c(-c3ccccc3)cc(CC)nc2c1C. The number of aromatic nitrogens is 1. The lowest BCUT2D eigenvalue weighted by Crippen LogP contribution is -1.98. The minimum Gasteiger partial charge on any atom is -0.253 e. The molecule has 1 aromatic heterocycles. The van der Waals surface area contributed by atoms with Crippen LogP contribution < -0.4 is 0 Å². The summed E-state index contributed by atoms with van der Waals surface area (Å²) in [5.74, 6) is 0. The van der Waals surface area contributed by atoms with Gasteiger partial charge in [0.25, 0.3) is 0 Å². The minimum atomic E-state index is 0.910. The molecule has 29 heavy (non-hydrogen) atoms. The number of allylic oxidation sites excluding steroid dienone is 2. The summed E-state index contributed by atoms with van der Waals surface area (Å²) in [7, 11) is 0. The second-order valence-electron chi connectivity index (χ2n) is 7.20. The molecule has 0 fully saturated rings. The van der Waals surface area contributed by atoms with Gasteiger partial charge in [-0.1, -0.05) is 98.5 Å². The minimum absolute atomic E-state index is 0.910. The number of pyridine rings is 1. The van der Waals surface area contributed by atoms with Gasteiger partial charge in [-0.2, -0.15) is 0 Å². The third kappa shape index (κ3) is 3.64. The first-order valence-electron chi connectivity index (χ1n) is 10.1. The highest BCUT2D eigenvalue weighted by molar-refractivity contribution is 5.99. The van der Waals surface area contributed by atoms with E-state index in [1.54, 1.807) is 0 Å². The normalized spacial score (nSPS) is 11.6. The molecule has 0 saturated carbocycles. The molecule has 0 N–H and O–H groups in total. The van der Waals surface area contributed by atoms with Crippen LogP contribution in [0.3, 0.4) is 0 Å². The molecule has 4 aromatic rings. The number of nitrogens with zero attached hydrogens (tertiary/aromatic N) is 1. The molecule has 0 saturated heterocycles. The van der Waals surface area contributed by atoms with Crippen LogP contribution in [0.2, 0.25) is 0 Å². The maximum absolute atomic E-state index is 5.02. The van der Waals surface area contributed by atoms with Crippen LogP contribution in [0.25, 0.3) is 27.6 Å². The molecule has 0 bridgehead atoms. The molecular weight excluding hydrogens is 350 g/mol. The third-order valence-corrected chi connectivity index (χ3v) is 5.39. The fourth-order valence-electron chi connectivity index (χ4n) is 3.89. The van der Waals surface area contributed by atoms with Gasteiger partial charge in [0, 0.05) is 11.1 Å². The van der Waals surface area contributed by atoms with E-state index < -0.39 is 0 Å². The summed E-state index contributed by atoms with van der Waals surface area (Å²) in [6, 6.07) is 27.7. The summed E-state index contributed by atoms with van der Waals surface area (Å²) in [4.78, 5) is 5.02. The summed E-state index contributed by atoms with van der Waals surface area (Å²) < 4.78 is 0. The van der Waals surface area contributed by atoms with Crippen molar-refractivity contribution >= 4 is 16.5 Å². The third-order valence-electron chi connectivity index (χ3n) is 5.39. The molecule has 4 rings (SSSR count). The maximum atomic E-state index is 5.02. The predicted molar refractivity (Wildman–Crippen MR) is 125 cm³/mol. The topological polar surface area (TPSA) is 12.9 Å². The molecular formula is C28H25N. The van der Waals surface area contributed by atoms with E-state index in [2.05, 4.69) is 99.3 Å². The Morgan fingerprint density at radius 2 is 1.62 bits per heavy atom. The van der Waals surface area contributed by atoms with Crippen molar-refractivity contribution in [1.29, 1.82) is 0 Å².